The first-order valence-corrected chi connectivity index (χ1v) is 10.2. The molecule has 0 aliphatic heterocycles. The Bertz CT molecular complexity index is 794. The first-order chi connectivity index (χ1) is 12.9. The summed E-state index contributed by atoms with van der Waals surface area (Å²) in [5.74, 6) is -0.180. The Hall–Kier alpha value is -2.12. The lowest BCUT2D eigenvalue weighted by Gasteiger charge is -2.21. The highest BCUT2D eigenvalue weighted by Gasteiger charge is 2.17. The van der Waals surface area contributed by atoms with Gasteiger partial charge in [-0.15, -0.1) is 11.3 Å². The van der Waals surface area contributed by atoms with E-state index in [1.807, 2.05) is 32.9 Å². The average molecular weight is 409 g/mol. The Morgan fingerprint density at radius 1 is 1.26 bits per heavy atom. The standard InChI is InChI=1S/C19H25ClN4O2S/c1-4-8-21-18(25)16-12-27-17(23-16)11-24(9-5-2)19(26)22-14-7-6-13(3)15(20)10-14/h6-7,10,12H,4-5,8-9,11H2,1-3H3,(H,21,25)(H,22,26). The number of anilines is 1. The fourth-order valence-corrected chi connectivity index (χ4v) is 3.35. The summed E-state index contributed by atoms with van der Waals surface area (Å²) in [6, 6.07) is 5.20. The third kappa shape index (κ3) is 6.22. The van der Waals surface area contributed by atoms with Crippen molar-refractivity contribution in [2.45, 2.75) is 40.2 Å². The zero-order chi connectivity index (χ0) is 19.8. The van der Waals surface area contributed by atoms with Crippen LogP contribution in [0.2, 0.25) is 5.02 Å². The van der Waals surface area contributed by atoms with Gasteiger partial charge in [-0.1, -0.05) is 31.5 Å². The second-order valence-corrected chi connectivity index (χ2v) is 7.55. The summed E-state index contributed by atoms with van der Waals surface area (Å²) >= 11 is 7.50. The van der Waals surface area contributed by atoms with Crippen molar-refractivity contribution >= 4 is 40.6 Å². The number of halogens is 1. The monoisotopic (exact) mass is 408 g/mol. The van der Waals surface area contributed by atoms with Crippen LogP contribution in [0.15, 0.2) is 23.6 Å². The smallest absolute Gasteiger partial charge is 0.322 e. The van der Waals surface area contributed by atoms with Crippen molar-refractivity contribution < 1.29 is 9.59 Å². The Morgan fingerprint density at radius 3 is 2.70 bits per heavy atom. The van der Waals surface area contributed by atoms with Crippen molar-refractivity contribution in [1.82, 2.24) is 15.2 Å². The quantitative estimate of drug-likeness (QED) is 0.665. The van der Waals surface area contributed by atoms with E-state index in [9.17, 15) is 9.59 Å². The van der Waals surface area contributed by atoms with Crippen LogP contribution in [0.1, 0.15) is 47.7 Å². The van der Waals surface area contributed by atoms with Gasteiger partial charge in [0, 0.05) is 29.2 Å². The van der Waals surface area contributed by atoms with E-state index >= 15 is 0 Å². The number of thiazole rings is 1. The lowest BCUT2D eigenvalue weighted by Crippen LogP contribution is -2.35. The van der Waals surface area contributed by atoms with Crippen molar-refractivity contribution in [2.24, 2.45) is 0 Å². The predicted molar refractivity (Wildman–Crippen MR) is 111 cm³/mol. The number of hydrogen-bond donors (Lipinski definition) is 2. The minimum atomic E-state index is -0.219. The van der Waals surface area contributed by atoms with Gasteiger partial charge in [0.25, 0.3) is 5.91 Å². The molecule has 3 amide bonds. The molecule has 2 rings (SSSR count). The van der Waals surface area contributed by atoms with Crippen molar-refractivity contribution in [3.8, 4) is 0 Å². The molecular formula is C19H25ClN4O2S. The first kappa shape index (κ1) is 21.2. The average Bonchev–Trinajstić information content (AvgIpc) is 3.11. The maximum atomic E-state index is 12.7. The predicted octanol–water partition coefficient (Wildman–Crippen LogP) is 4.69. The van der Waals surface area contributed by atoms with Gasteiger partial charge in [0.05, 0.1) is 6.54 Å². The molecule has 0 saturated carbocycles. The van der Waals surface area contributed by atoms with Crippen LogP contribution in [0.5, 0.6) is 0 Å². The minimum Gasteiger partial charge on any atom is -0.351 e. The minimum absolute atomic E-state index is 0.180. The first-order valence-electron chi connectivity index (χ1n) is 8.99. The number of amides is 3. The Morgan fingerprint density at radius 2 is 2.04 bits per heavy atom. The van der Waals surface area contributed by atoms with Gasteiger partial charge in [-0.2, -0.15) is 0 Å². The molecule has 0 aliphatic rings. The van der Waals surface area contributed by atoms with Crippen LogP contribution >= 0.6 is 22.9 Å². The molecular weight excluding hydrogens is 384 g/mol. The molecule has 0 fully saturated rings. The second kappa shape index (κ2) is 10.3. The summed E-state index contributed by atoms with van der Waals surface area (Å²) in [5.41, 5.74) is 2.00. The number of urea groups is 1. The summed E-state index contributed by atoms with van der Waals surface area (Å²) in [4.78, 5) is 30.7. The van der Waals surface area contributed by atoms with Gasteiger partial charge in [-0.25, -0.2) is 9.78 Å². The highest BCUT2D eigenvalue weighted by atomic mass is 35.5. The molecule has 6 nitrogen and oxygen atoms in total. The van der Waals surface area contributed by atoms with Crippen LogP contribution in [-0.4, -0.2) is 34.9 Å². The number of rotatable bonds is 8. The molecule has 0 saturated heterocycles. The molecule has 0 spiro atoms. The van der Waals surface area contributed by atoms with E-state index in [1.54, 1.807) is 16.3 Å². The van der Waals surface area contributed by atoms with E-state index in [-0.39, 0.29) is 11.9 Å². The highest BCUT2D eigenvalue weighted by Crippen LogP contribution is 2.21. The lowest BCUT2D eigenvalue weighted by atomic mass is 10.2. The number of carbonyl (C=O) groups is 2. The number of aromatic nitrogens is 1. The summed E-state index contributed by atoms with van der Waals surface area (Å²) in [7, 11) is 0. The van der Waals surface area contributed by atoms with Gasteiger partial charge < -0.3 is 15.5 Å². The molecule has 0 bridgehead atoms. The fraction of sp³-hybridized carbons (Fsp3) is 0.421. The van der Waals surface area contributed by atoms with E-state index in [4.69, 9.17) is 11.6 Å². The second-order valence-electron chi connectivity index (χ2n) is 6.20. The van der Waals surface area contributed by atoms with E-state index in [1.165, 1.54) is 11.3 Å². The summed E-state index contributed by atoms with van der Waals surface area (Å²) < 4.78 is 0. The Kier molecular flexibility index (Phi) is 8.06. The molecule has 1 heterocycles. The topological polar surface area (TPSA) is 74.3 Å². The summed E-state index contributed by atoms with van der Waals surface area (Å²) in [6.07, 6.45) is 1.69. The van der Waals surface area contributed by atoms with Gasteiger partial charge in [-0.05, 0) is 37.5 Å². The van der Waals surface area contributed by atoms with Gasteiger partial charge >= 0.3 is 6.03 Å². The molecule has 1 aromatic heterocycles. The number of aryl methyl sites for hydroxylation is 1. The molecule has 146 valence electrons. The van der Waals surface area contributed by atoms with Crippen molar-refractivity contribution in [2.75, 3.05) is 18.4 Å². The van der Waals surface area contributed by atoms with Crippen LogP contribution < -0.4 is 10.6 Å². The SMILES string of the molecule is CCCNC(=O)c1csc(CN(CCC)C(=O)Nc2ccc(C)c(Cl)c2)n1. The van der Waals surface area contributed by atoms with Crippen LogP contribution in [0.25, 0.3) is 0 Å². The highest BCUT2D eigenvalue weighted by molar-refractivity contribution is 7.09. The number of nitrogens with one attached hydrogen (secondary N) is 2. The lowest BCUT2D eigenvalue weighted by molar-refractivity contribution is 0.0949. The summed E-state index contributed by atoms with van der Waals surface area (Å²) in [6.45, 7) is 7.47. The zero-order valence-corrected chi connectivity index (χ0v) is 17.4. The number of hydrogen-bond acceptors (Lipinski definition) is 4. The van der Waals surface area contributed by atoms with Gasteiger partial charge in [-0.3, -0.25) is 4.79 Å². The largest absolute Gasteiger partial charge is 0.351 e. The zero-order valence-electron chi connectivity index (χ0n) is 15.8. The van der Waals surface area contributed by atoms with Crippen molar-refractivity contribution in [3.05, 3.63) is 44.9 Å². The molecule has 2 N–H and O–H groups in total. The fourth-order valence-electron chi connectivity index (χ4n) is 2.38. The molecule has 2 aromatic rings. The van der Waals surface area contributed by atoms with E-state index in [0.29, 0.717) is 36.0 Å². The molecule has 0 unspecified atom stereocenters. The molecule has 8 heteroatoms. The summed E-state index contributed by atoms with van der Waals surface area (Å²) in [5, 5.41) is 8.74. The van der Waals surface area contributed by atoms with Crippen LogP contribution in [-0.2, 0) is 6.54 Å². The van der Waals surface area contributed by atoms with Gasteiger partial charge in [0.2, 0.25) is 0 Å². The van der Waals surface area contributed by atoms with Gasteiger partial charge in [0.1, 0.15) is 10.7 Å². The van der Waals surface area contributed by atoms with Crippen molar-refractivity contribution in [3.63, 3.8) is 0 Å². The Labute approximate surface area is 168 Å². The maximum absolute atomic E-state index is 12.7. The molecule has 27 heavy (non-hydrogen) atoms. The molecule has 0 aliphatic carbocycles. The van der Waals surface area contributed by atoms with Crippen LogP contribution in [0, 0.1) is 6.92 Å². The van der Waals surface area contributed by atoms with Gasteiger partial charge in [0.15, 0.2) is 0 Å². The van der Waals surface area contributed by atoms with Crippen LogP contribution in [0.3, 0.4) is 0 Å². The van der Waals surface area contributed by atoms with E-state index in [2.05, 4.69) is 15.6 Å². The number of nitrogens with zero attached hydrogens (tertiary/aromatic N) is 2. The molecule has 0 atom stereocenters. The third-order valence-electron chi connectivity index (χ3n) is 3.85. The third-order valence-corrected chi connectivity index (χ3v) is 5.09. The molecule has 1 aromatic carbocycles. The normalized spacial score (nSPS) is 10.5. The number of carbonyl (C=O) groups excluding carboxylic acids is 2. The number of benzene rings is 1. The maximum Gasteiger partial charge on any atom is 0.322 e. The van der Waals surface area contributed by atoms with E-state index in [0.717, 1.165) is 23.4 Å². The van der Waals surface area contributed by atoms with Crippen LogP contribution in [0.4, 0.5) is 10.5 Å². The van der Waals surface area contributed by atoms with E-state index < -0.39 is 0 Å². The van der Waals surface area contributed by atoms with Crippen molar-refractivity contribution in [1.29, 1.82) is 0 Å². The Balaban J connectivity index is 2.03. The molecule has 0 radical (unpaired) electrons.